The summed E-state index contributed by atoms with van der Waals surface area (Å²) in [5, 5.41) is 1.06. The highest BCUT2D eigenvalue weighted by atomic mass is 32.1. The Kier molecular flexibility index (Phi) is 2.98. The lowest BCUT2D eigenvalue weighted by Gasteiger charge is -2.38. The fraction of sp³-hybridized carbons (Fsp3) is 0.778. The second-order valence-corrected chi connectivity index (χ2v) is 4.30. The van der Waals surface area contributed by atoms with Gasteiger partial charge in [0, 0.05) is 44.1 Å². The number of methoxy groups -OCH3 is 1. The van der Waals surface area contributed by atoms with Crippen LogP contribution in [0.4, 0.5) is 5.13 Å². The second-order valence-electron chi connectivity index (χ2n) is 3.57. The van der Waals surface area contributed by atoms with Gasteiger partial charge in [-0.3, -0.25) is 0 Å². The van der Waals surface area contributed by atoms with Gasteiger partial charge in [0.2, 0.25) is 5.13 Å². The summed E-state index contributed by atoms with van der Waals surface area (Å²) in [7, 11) is 1.75. The van der Waals surface area contributed by atoms with Gasteiger partial charge in [0.05, 0.1) is 6.61 Å². The predicted octanol–water partition coefficient (Wildman–Crippen LogP) is 1.18. The first-order chi connectivity index (χ1) is 6.83. The zero-order valence-corrected chi connectivity index (χ0v) is 9.38. The Morgan fingerprint density at radius 2 is 2.36 bits per heavy atom. The number of anilines is 1. The molecular weight excluding hydrogens is 198 g/mol. The lowest BCUT2D eigenvalue weighted by atomic mass is 10.0. The largest absolute Gasteiger partial charge is 0.384 e. The van der Waals surface area contributed by atoms with Crippen molar-refractivity contribution in [1.82, 2.24) is 9.36 Å². The van der Waals surface area contributed by atoms with E-state index in [9.17, 15) is 0 Å². The van der Waals surface area contributed by atoms with Gasteiger partial charge in [-0.05, 0) is 0 Å². The van der Waals surface area contributed by atoms with Crippen LogP contribution in [0, 0.1) is 5.92 Å². The molecule has 2 rings (SSSR count). The standard InChI is InChI=1S/C9H15N3OS/c1-3-8-10-9(14-11-8)12-4-7(5-12)6-13-2/h7H,3-6H2,1-2H3. The van der Waals surface area contributed by atoms with Crippen molar-refractivity contribution >= 4 is 16.7 Å². The molecule has 0 radical (unpaired) electrons. The first-order valence-corrected chi connectivity index (χ1v) is 5.67. The van der Waals surface area contributed by atoms with Gasteiger partial charge in [0.25, 0.3) is 0 Å². The SMILES string of the molecule is CCc1nsc(N2CC(COC)C2)n1. The Morgan fingerprint density at radius 3 is 2.93 bits per heavy atom. The summed E-state index contributed by atoms with van der Waals surface area (Å²) in [5.41, 5.74) is 0. The molecular formula is C9H15N3OS. The molecule has 1 aliphatic heterocycles. The van der Waals surface area contributed by atoms with E-state index in [1.807, 2.05) is 0 Å². The molecule has 0 atom stereocenters. The third-order valence-electron chi connectivity index (χ3n) is 2.40. The van der Waals surface area contributed by atoms with E-state index in [0.717, 1.165) is 37.1 Å². The zero-order valence-electron chi connectivity index (χ0n) is 8.56. The van der Waals surface area contributed by atoms with Crippen molar-refractivity contribution in [3.63, 3.8) is 0 Å². The zero-order chi connectivity index (χ0) is 9.97. The van der Waals surface area contributed by atoms with Crippen molar-refractivity contribution in [2.75, 3.05) is 31.7 Å². The van der Waals surface area contributed by atoms with Gasteiger partial charge >= 0.3 is 0 Å². The molecule has 1 aromatic heterocycles. The van der Waals surface area contributed by atoms with E-state index in [0.29, 0.717) is 5.92 Å². The maximum atomic E-state index is 5.10. The van der Waals surface area contributed by atoms with E-state index >= 15 is 0 Å². The van der Waals surface area contributed by atoms with Crippen LogP contribution >= 0.6 is 11.5 Å². The minimum Gasteiger partial charge on any atom is -0.384 e. The quantitative estimate of drug-likeness (QED) is 0.753. The molecule has 4 nitrogen and oxygen atoms in total. The Morgan fingerprint density at radius 1 is 1.57 bits per heavy atom. The highest BCUT2D eigenvalue weighted by Crippen LogP contribution is 2.26. The van der Waals surface area contributed by atoms with Gasteiger partial charge in [-0.1, -0.05) is 6.92 Å². The van der Waals surface area contributed by atoms with Crippen molar-refractivity contribution < 1.29 is 4.74 Å². The van der Waals surface area contributed by atoms with Gasteiger partial charge < -0.3 is 9.64 Å². The fourth-order valence-electron chi connectivity index (χ4n) is 1.58. The molecule has 0 N–H and O–H groups in total. The van der Waals surface area contributed by atoms with Crippen LogP contribution in [0.2, 0.25) is 0 Å². The van der Waals surface area contributed by atoms with Crippen LogP contribution in [0.5, 0.6) is 0 Å². The van der Waals surface area contributed by atoms with E-state index in [-0.39, 0.29) is 0 Å². The number of hydrogen-bond donors (Lipinski definition) is 0. The fourth-order valence-corrected chi connectivity index (χ4v) is 2.35. The van der Waals surface area contributed by atoms with Crippen LogP contribution in [-0.4, -0.2) is 36.2 Å². The van der Waals surface area contributed by atoms with Crippen molar-refractivity contribution in [2.24, 2.45) is 5.92 Å². The summed E-state index contributed by atoms with van der Waals surface area (Å²) in [6.07, 6.45) is 0.922. The molecule has 78 valence electrons. The number of aryl methyl sites for hydroxylation is 1. The molecule has 0 aliphatic carbocycles. The molecule has 1 aromatic rings. The van der Waals surface area contributed by atoms with Crippen LogP contribution in [0.15, 0.2) is 0 Å². The van der Waals surface area contributed by atoms with Crippen LogP contribution in [0.1, 0.15) is 12.7 Å². The van der Waals surface area contributed by atoms with Gasteiger partial charge in [-0.25, -0.2) is 4.98 Å². The van der Waals surface area contributed by atoms with E-state index in [1.165, 1.54) is 11.5 Å². The number of nitrogens with zero attached hydrogens (tertiary/aromatic N) is 3. The predicted molar refractivity (Wildman–Crippen MR) is 56.9 cm³/mol. The van der Waals surface area contributed by atoms with Crippen LogP contribution in [0.25, 0.3) is 0 Å². The molecule has 1 fully saturated rings. The Bertz CT molecular complexity index is 296. The maximum absolute atomic E-state index is 5.10. The molecule has 1 aliphatic rings. The Hall–Kier alpha value is -0.680. The van der Waals surface area contributed by atoms with Crippen LogP contribution in [0.3, 0.4) is 0 Å². The molecule has 0 unspecified atom stereocenters. The summed E-state index contributed by atoms with van der Waals surface area (Å²) in [6.45, 7) is 5.06. The Labute approximate surface area is 88.1 Å². The number of rotatable bonds is 4. The molecule has 0 bridgehead atoms. The van der Waals surface area contributed by atoms with E-state index < -0.39 is 0 Å². The van der Waals surface area contributed by atoms with Gasteiger partial charge in [-0.2, -0.15) is 4.37 Å². The summed E-state index contributed by atoms with van der Waals surface area (Å²) >= 11 is 1.50. The molecule has 1 saturated heterocycles. The van der Waals surface area contributed by atoms with Crippen molar-refractivity contribution in [3.8, 4) is 0 Å². The lowest BCUT2D eigenvalue weighted by molar-refractivity contribution is 0.137. The molecule has 2 heterocycles. The maximum Gasteiger partial charge on any atom is 0.205 e. The van der Waals surface area contributed by atoms with Crippen molar-refractivity contribution in [3.05, 3.63) is 5.82 Å². The van der Waals surface area contributed by atoms with Crippen molar-refractivity contribution in [2.45, 2.75) is 13.3 Å². The molecule has 14 heavy (non-hydrogen) atoms. The number of ether oxygens (including phenoxy) is 1. The van der Waals surface area contributed by atoms with E-state index in [2.05, 4.69) is 21.2 Å². The van der Waals surface area contributed by atoms with Crippen molar-refractivity contribution in [1.29, 1.82) is 0 Å². The highest BCUT2D eigenvalue weighted by Gasteiger charge is 2.28. The topological polar surface area (TPSA) is 38.2 Å². The highest BCUT2D eigenvalue weighted by molar-refractivity contribution is 7.09. The Balaban J connectivity index is 1.86. The number of hydrogen-bond acceptors (Lipinski definition) is 5. The average Bonchev–Trinajstić information content (AvgIpc) is 2.58. The summed E-state index contributed by atoms with van der Waals surface area (Å²) < 4.78 is 9.36. The minimum absolute atomic E-state index is 0.675. The third kappa shape index (κ3) is 1.88. The smallest absolute Gasteiger partial charge is 0.205 e. The normalized spacial score (nSPS) is 17.1. The van der Waals surface area contributed by atoms with Gasteiger partial charge in [0.1, 0.15) is 5.82 Å². The molecule has 0 amide bonds. The lowest BCUT2D eigenvalue weighted by Crippen LogP contribution is -2.48. The van der Waals surface area contributed by atoms with Gasteiger partial charge in [0.15, 0.2) is 0 Å². The van der Waals surface area contributed by atoms with E-state index in [4.69, 9.17) is 4.74 Å². The molecule has 0 saturated carbocycles. The van der Waals surface area contributed by atoms with E-state index in [1.54, 1.807) is 7.11 Å². The minimum atomic E-state index is 0.675. The summed E-state index contributed by atoms with van der Waals surface area (Å²) in [4.78, 5) is 6.70. The first-order valence-electron chi connectivity index (χ1n) is 4.90. The van der Waals surface area contributed by atoms with Crippen LogP contribution in [-0.2, 0) is 11.2 Å². The number of aromatic nitrogens is 2. The molecule has 5 heteroatoms. The molecule has 0 aromatic carbocycles. The monoisotopic (exact) mass is 213 g/mol. The molecule has 0 spiro atoms. The van der Waals surface area contributed by atoms with Gasteiger partial charge in [-0.15, -0.1) is 0 Å². The first kappa shape index (κ1) is 9.86. The average molecular weight is 213 g/mol. The summed E-state index contributed by atoms with van der Waals surface area (Å²) in [5.74, 6) is 1.63. The summed E-state index contributed by atoms with van der Waals surface area (Å²) in [6, 6.07) is 0. The second kappa shape index (κ2) is 4.23. The third-order valence-corrected chi connectivity index (χ3v) is 3.22. The van der Waals surface area contributed by atoms with Crippen LogP contribution < -0.4 is 4.90 Å².